The highest BCUT2D eigenvalue weighted by Gasteiger charge is 2.16. The molecule has 1 aromatic carbocycles. The second kappa shape index (κ2) is 6.00. The Bertz CT molecular complexity index is 614. The van der Waals surface area contributed by atoms with E-state index in [1.54, 1.807) is 0 Å². The van der Waals surface area contributed by atoms with Crippen LogP contribution in [-0.2, 0) is 11.3 Å². The van der Waals surface area contributed by atoms with Gasteiger partial charge in [-0.25, -0.2) is 0 Å². The van der Waals surface area contributed by atoms with Crippen molar-refractivity contribution < 1.29 is 4.79 Å². The lowest BCUT2D eigenvalue weighted by Crippen LogP contribution is -2.38. The van der Waals surface area contributed by atoms with E-state index in [2.05, 4.69) is 39.4 Å². The molecule has 0 aliphatic heterocycles. The molecule has 1 amide bonds. The van der Waals surface area contributed by atoms with Crippen LogP contribution in [0.25, 0.3) is 10.9 Å². The summed E-state index contributed by atoms with van der Waals surface area (Å²) in [4.78, 5) is 12.2. The monoisotopic (exact) mass is 334 g/mol. The molecule has 1 fully saturated rings. The highest BCUT2D eigenvalue weighted by atomic mass is 79.9. The van der Waals surface area contributed by atoms with Gasteiger partial charge in [0.2, 0.25) is 5.91 Å². The molecule has 1 N–H and O–H groups in total. The molecule has 1 heterocycles. The summed E-state index contributed by atoms with van der Waals surface area (Å²) < 4.78 is 3.05. The van der Waals surface area contributed by atoms with Gasteiger partial charge < -0.3 is 9.88 Å². The van der Waals surface area contributed by atoms with Crippen molar-refractivity contribution in [2.45, 2.75) is 44.7 Å². The number of carbonyl (C=O) groups excluding carboxylic acids is 1. The van der Waals surface area contributed by atoms with Crippen LogP contribution in [0.3, 0.4) is 0 Å². The van der Waals surface area contributed by atoms with Crippen molar-refractivity contribution >= 4 is 32.7 Å². The third-order valence-corrected chi connectivity index (χ3v) is 4.51. The molecule has 1 aromatic heterocycles. The lowest BCUT2D eigenvalue weighted by atomic mass is 9.95. The Labute approximate surface area is 127 Å². The Morgan fingerprint density at radius 1 is 1.25 bits per heavy atom. The average Bonchev–Trinajstić information content (AvgIpc) is 2.82. The average molecular weight is 335 g/mol. The SMILES string of the molecule is O=C(Cn1ccc2ccc(Br)cc21)NC1CCCCC1. The fourth-order valence-electron chi connectivity index (χ4n) is 2.97. The summed E-state index contributed by atoms with van der Waals surface area (Å²) in [6, 6.07) is 8.58. The number of rotatable bonds is 3. The summed E-state index contributed by atoms with van der Waals surface area (Å²) in [5, 5.41) is 4.33. The molecule has 0 bridgehead atoms. The minimum absolute atomic E-state index is 0.120. The first-order valence-electron chi connectivity index (χ1n) is 7.26. The normalized spacial score (nSPS) is 16.4. The molecule has 2 aromatic rings. The summed E-state index contributed by atoms with van der Waals surface area (Å²) in [5.74, 6) is 0.120. The molecule has 1 aliphatic rings. The van der Waals surface area contributed by atoms with Crippen LogP contribution in [0.5, 0.6) is 0 Å². The first-order chi connectivity index (χ1) is 9.72. The zero-order valence-electron chi connectivity index (χ0n) is 11.4. The van der Waals surface area contributed by atoms with Gasteiger partial charge in [0.05, 0.1) is 0 Å². The molecule has 0 spiro atoms. The number of amides is 1. The van der Waals surface area contributed by atoms with Gasteiger partial charge in [0.15, 0.2) is 0 Å². The summed E-state index contributed by atoms with van der Waals surface area (Å²) in [7, 11) is 0. The minimum atomic E-state index is 0.120. The van der Waals surface area contributed by atoms with Crippen molar-refractivity contribution in [2.24, 2.45) is 0 Å². The number of carbonyl (C=O) groups is 1. The van der Waals surface area contributed by atoms with Gasteiger partial charge in [-0.2, -0.15) is 0 Å². The Morgan fingerprint density at radius 2 is 2.05 bits per heavy atom. The fraction of sp³-hybridized carbons (Fsp3) is 0.438. The molecule has 3 nitrogen and oxygen atoms in total. The maximum Gasteiger partial charge on any atom is 0.240 e. The Kier molecular flexibility index (Phi) is 4.10. The van der Waals surface area contributed by atoms with Crippen molar-refractivity contribution in [2.75, 3.05) is 0 Å². The fourth-order valence-corrected chi connectivity index (χ4v) is 3.32. The molecular formula is C16H19BrN2O. The highest BCUT2D eigenvalue weighted by molar-refractivity contribution is 9.10. The molecule has 106 valence electrons. The lowest BCUT2D eigenvalue weighted by molar-refractivity contribution is -0.122. The zero-order valence-corrected chi connectivity index (χ0v) is 13.0. The number of nitrogens with one attached hydrogen (secondary N) is 1. The third-order valence-electron chi connectivity index (χ3n) is 4.02. The topological polar surface area (TPSA) is 34.0 Å². The summed E-state index contributed by atoms with van der Waals surface area (Å²) in [5.41, 5.74) is 1.10. The van der Waals surface area contributed by atoms with E-state index in [1.165, 1.54) is 24.6 Å². The van der Waals surface area contributed by atoms with Crippen LogP contribution in [0.15, 0.2) is 34.9 Å². The van der Waals surface area contributed by atoms with Crippen LogP contribution in [0.4, 0.5) is 0 Å². The van der Waals surface area contributed by atoms with E-state index in [4.69, 9.17) is 0 Å². The molecule has 4 heteroatoms. The van der Waals surface area contributed by atoms with Gasteiger partial charge in [-0.15, -0.1) is 0 Å². The predicted molar refractivity (Wildman–Crippen MR) is 84.7 cm³/mol. The van der Waals surface area contributed by atoms with E-state index < -0.39 is 0 Å². The van der Waals surface area contributed by atoms with Crippen LogP contribution < -0.4 is 5.32 Å². The first kappa shape index (κ1) is 13.7. The molecule has 20 heavy (non-hydrogen) atoms. The Balaban J connectivity index is 1.69. The van der Waals surface area contributed by atoms with E-state index in [1.807, 2.05) is 16.8 Å². The highest BCUT2D eigenvalue weighted by Crippen LogP contribution is 2.21. The predicted octanol–water partition coefficient (Wildman–Crippen LogP) is 3.85. The molecule has 0 radical (unpaired) electrons. The van der Waals surface area contributed by atoms with Crippen LogP contribution in [0.2, 0.25) is 0 Å². The van der Waals surface area contributed by atoms with Gasteiger partial charge in [-0.3, -0.25) is 4.79 Å². The van der Waals surface area contributed by atoms with E-state index in [0.717, 1.165) is 22.8 Å². The van der Waals surface area contributed by atoms with Crippen molar-refractivity contribution in [1.29, 1.82) is 0 Å². The molecule has 1 saturated carbocycles. The van der Waals surface area contributed by atoms with Gasteiger partial charge in [0.1, 0.15) is 6.54 Å². The number of aromatic nitrogens is 1. The number of hydrogen-bond donors (Lipinski definition) is 1. The summed E-state index contributed by atoms with van der Waals surface area (Å²) in [6.45, 7) is 0.399. The molecule has 0 unspecified atom stereocenters. The van der Waals surface area contributed by atoms with Crippen molar-refractivity contribution in [3.63, 3.8) is 0 Å². The zero-order chi connectivity index (χ0) is 13.9. The Hall–Kier alpha value is -1.29. The molecule has 1 aliphatic carbocycles. The molecule has 3 rings (SSSR count). The summed E-state index contributed by atoms with van der Waals surface area (Å²) >= 11 is 3.48. The summed E-state index contributed by atoms with van der Waals surface area (Å²) in [6.07, 6.45) is 8.03. The van der Waals surface area contributed by atoms with Crippen LogP contribution in [0.1, 0.15) is 32.1 Å². The lowest BCUT2D eigenvalue weighted by Gasteiger charge is -2.22. The van der Waals surface area contributed by atoms with E-state index >= 15 is 0 Å². The number of benzene rings is 1. The number of nitrogens with zero attached hydrogens (tertiary/aromatic N) is 1. The second-order valence-corrected chi connectivity index (χ2v) is 6.46. The van der Waals surface area contributed by atoms with Crippen LogP contribution >= 0.6 is 15.9 Å². The van der Waals surface area contributed by atoms with Gasteiger partial charge in [-0.1, -0.05) is 41.3 Å². The van der Waals surface area contributed by atoms with Gasteiger partial charge in [0, 0.05) is 22.2 Å². The standard InChI is InChI=1S/C16H19BrN2O/c17-13-7-6-12-8-9-19(15(12)10-13)11-16(20)18-14-4-2-1-3-5-14/h6-10,14H,1-5,11H2,(H,18,20). The largest absolute Gasteiger partial charge is 0.352 e. The second-order valence-electron chi connectivity index (χ2n) is 5.55. The third kappa shape index (κ3) is 3.06. The van der Waals surface area contributed by atoms with Crippen molar-refractivity contribution in [3.05, 3.63) is 34.9 Å². The molecule has 0 saturated heterocycles. The Morgan fingerprint density at radius 3 is 2.85 bits per heavy atom. The maximum atomic E-state index is 12.2. The van der Waals surface area contributed by atoms with Gasteiger partial charge in [0.25, 0.3) is 0 Å². The smallest absolute Gasteiger partial charge is 0.240 e. The number of fused-ring (bicyclic) bond motifs is 1. The number of halogens is 1. The minimum Gasteiger partial charge on any atom is -0.352 e. The molecular weight excluding hydrogens is 316 g/mol. The van der Waals surface area contributed by atoms with Gasteiger partial charge in [-0.05, 0) is 36.4 Å². The quantitative estimate of drug-likeness (QED) is 0.908. The van der Waals surface area contributed by atoms with Crippen LogP contribution in [0, 0.1) is 0 Å². The van der Waals surface area contributed by atoms with Crippen molar-refractivity contribution in [3.8, 4) is 0 Å². The van der Waals surface area contributed by atoms with Gasteiger partial charge >= 0.3 is 0 Å². The first-order valence-corrected chi connectivity index (χ1v) is 8.05. The van der Waals surface area contributed by atoms with Crippen LogP contribution in [-0.4, -0.2) is 16.5 Å². The van der Waals surface area contributed by atoms with E-state index in [0.29, 0.717) is 12.6 Å². The van der Waals surface area contributed by atoms with Crippen molar-refractivity contribution in [1.82, 2.24) is 9.88 Å². The molecule has 0 atom stereocenters. The van der Waals surface area contributed by atoms with E-state index in [9.17, 15) is 4.79 Å². The number of hydrogen-bond acceptors (Lipinski definition) is 1. The maximum absolute atomic E-state index is 12.2. The van der Waals surface area contributed by atoms with E-state index in [-0.39, 0.29) is 5.91 Å².